The van der Waals surface area contributed by atoms with Crippen LogP contribution in [0.3, 0.4) is 0 Å². The van der Waals surface area contributed by atoms with Crippen molar-refractivity contribution in [3.05, 3.63) is 112 Å². The zero-order valence-corrected chi connectivity index (χ0v) is 22.3. The summed E-state index contributed by atoms with van der Waals surface area (Å²) in [4.78, 5) is 9.93. The van der Waals surface area contributed by atoms with E-state index in [2.05, 4.69) is 81.8 Å². The number of pyridine rings is 1. The minimum atomic E-state index is 0.168. The normalized spacial score (nSPS) is 15.1. The highest BCUT2D eigenvalue weighted by Crippen LogP contribution is 2.33. The fourth-order valence-corrected chi connectivity index (χ4v) is 5.91. The minimum Gasteiger partial charge on any atom is -0.355 e. The number of piperazine rings is 1. The van der Waals surface area contributed by atoms with E-state index < -0.39 is 0 Å². The third-order valence-electron chi connectivity index (χ3n) is 7.57. The van der Waals surface area contributed by atoms with Gasteiger partial charge in [0.2, 0.25) is 0 Å². The highest BCUT2D eigenvalue weighted by atomic mass is 35.5. The van der Waals surface area contributed by atoms with Crippen molar-refractivity contribution < 1.29 is 0 Å². The van der Waals surface area contributed by atoms with Crippen LogP contribution in [0.25, 0.3) is 16.7 Å². The van der Waals surface area contributed by atoms with E-state index in [9.17, 15) is 5.26 Å². The van der Waals surface area contributed by atoms with Gasteiger partial charge in [-0.15, -0.1) is 0 Å². The van der Waals surface area contributed by atoms with Crippen molar-refractivity contribution in [1.29, 1.82) is 5.26 Å². The maximum Gasteiger partial charge on any atom is 0.157 e. The number of nitrogens with zero attached hydrogens (tertiary/aromatic N) is 5. The molecule has 3 heterocycles. The first-order valence-electron chi connectivity index (χ1n) is 13.3. The van der Waals surface area contributed by atoms with Gasteiger partial charge in [-0.3, -0.25) is 9.30 Å². The Morgan fingerprint density at radius 3 is 2.29 bits per heavy atom. The van der Waals surface area contributed by atoms with Gasteiger partial charge in [-0.1, -0.05) is 79.5 Å². The summed E-state index contributed by atoms with van der Waals surface area (Å²) >= 11 is 6.22. The minimum absolute atomic E-state index is 0.168. The molecule has 38 heavy (non-hydrogen) atoms. The van der Waals surface area contributed by atoms with Crippen LogP contribution >= 0.6 is 11.6 Å². The van der Waals surface area contributed by atoms with E-state index in [1.807, 2.05) is 30.3 Å². The number of halogens is 1. The van der Waals surface area contributed by atoms with Crippen LogP contribution in [0.15, 0.2) is 84.9 Å². The summed E-state index contributed by atoms with van der Waals surface area (Å²) in [5, 5.41) is 10.8. The Kier molecular flexibility index (Phi) is 6.76. The molecule has 0 unspecified atom stereocenters. The monoisotopic (exact) mass is 519 g/mol. The van der Waals surface area contributed by atoms with E-state index >= 15 is 0 Å². The van der Waals surface area contributed by atoms with Gasteiger partial charge >= 0.3 is 0 Å². The van der Waals surface area contributed by atoms with Gasteiger partial charge in [0.25, 0.3) is 0 Å². The lowest BCUT2D eigenvalue weighted by Gasteiger charge is -2.41. The maximum absolute atomic E-state index is 10.1. The Labute approximate surface area is 228 Å². The van der Waals surface area contributed by atoms with Crippen LogP contribution in [0.5, 0.6) is 0 Å². The van der Waals surface area contributed by atoms with E-state index in [-0.39, 0.29) is 6.04 Å². The smallest absolute Gasteiger partial charge is 0.157 e. The summed E-state index contributed by atoms with van der Waals surface area (Å²) in [5.74, 6) is 1.12. The van der Waals surface area contributed by atoms with Crippen LogP contribution < -0.4 is 4.90 Å². The average molecular weight is 520 g/mol. The largest absolute Gasteiger partial charge is 0.355 e. The topological polar surface area (TPSA) is 47.6 Å². The van der Waals surface area contributed by atoms with E-state index in [4.69, 9.17) is 16.6 Å². The Bertz CT molecular complexity index is 1610. The molecule has 0 N–H and O–H groups in total. The van der Waals surface area contributed by atoms with Crippen molar-refractivity contribution in [1.82, 2.24) is 14.3 Å². The molecule has 1 saturated heterocycles. The Morgan fingerprint density at radius 2 is 1.58 bits per heavy atom. The summed E-state index contributed by atoms with van der Waals surface area (Å²) in [6, 6.07) is 32.0. The van der Waals surface area contributed by atoms with Crippen LogP contribution in [-0.4, -0.2) is 40.5 Å². The van der Waals surface area contributed by atoms with E-state index in [1.165, 1.54) is 11.1 Å². The zero-order valence-electron chi connectivity index (χ0n) is 21.5. The third-order valence-corrected chi connectivity index (χ3v) is 7.83. The lowest BCUT2D eigenvalue weighted by atomic mass is 9.96. The molecule has 0 radical (unpaired) electrons. The Morgan fingerprint density at radius 1 is 0.895 bits per heavy atom. The second kappa shape index (κ2) is 10.5. The third kappa shape index (κ3) is 4.41. The predicted molar refractivity (Wildman–Crippen MR) is 155 cm³/mol. The molecule has 0 aliphatic carbocycles. The van der Waals surface area contributed by atoms with Gasteiger partial charge in [0.05, 0.1) is 22.6 Å². The molecule has 1 atom stereocenters. The van der Waals surface area contributed by atoms with Crippen molar-refractivity contribution in [3.8, 4) is 6.07 Å². The van der Waals surface area contributed by atoms with E-state index in [0.29, 0.717) is 5.56 Å². The maximum atomic E-state index is 10.1. The molecule has 5 nitrogen and oxygen atoms in total. The van der Waals surface area contributed by atoms with E-state index in [0.717, 1.165) is 72.1 Å². The van der Waals surface area contributed by atoms with Gasteiger partial charge in [-0.2, -0.15) is 5.26 Å². The quantitative estimate of drug-likeness (QED) is 0.245. The zero-order chi connectivity index (χ0) is 26.1. The number of anilines is 1. The van der Waals surface area contributed by atoms with E-state index in [1.54, 1.807) is 0 Å². The molecule has 6 rings (SSSR count). The first-order valence-corrected chi connectivity index (χ1v) is 13.7. The molecule has 1 aliphatic heterocycles. The molecule has 5 aromatic rings. The van der Waals surface area contributed by atoms with Crippen LogP contribution in [0.1, 0.15) is 41.6 Å². The molecule has 1 aliphatic rings. The molecule has 0 spiro atoms. The fourth-order valence-electron chi connectivity index (χ4n) is 5.79. The molecule has 1 fully saturated rings. The van der Waals surface area contributed by atoms with Gasteiger partial charge in [0.1, 0.15) is 11.9 Å². The van der Waals surface area contributed by atoms with Crippen LogP contribution in [0.2, 0.25) is 5.02 Å². The van der Waals surface area contributed by atoms with Gasteiger partial charge in [-0.05, 0) is 53.4 Å². The van der Waals surface area contributed by atoms with Gasteiger partial charge in [-0.25, -0.2) is 4.98 Å². The number of fused-ring (bicyclic) bond motifs is 3. The summed E-state index contributed by atoms with van der Waals surface area (Å²) in [7, 11) is 0. The molecule has 3 aromatic carbocycles. The number of benzene rings is 3. The van der Waals surface area contributed by atoms with Gasteiger partial charge in [0, 0.05) is 31.2 Å². The standard InChI is InChI=1S/C32H30ClN5/c1-2-8-25-21-30(38-29-12-7-6-11-28(29)35-32(38)27(25)22-34)36-17-19-37(20-18-36)31(23-9-4-3-5-10-23)24-13-15-26(33)16-14-24/h3-7,9-16,21,31H,2,8,17-20H2,1H3/t31-/m0/s1. The number of aromatic nitrogens is 2. The van der Waals surface area contributed by atoms with Crippen molar-refractivity contribution >= 4 is 34.1 Å². The molecule has 2 aromatic heterocycles. The van der Waals surface area contributed by atoms with Crippen molar-refractivity contribution in [3.63, 3.8) is 0 Å². The number of rotatable bonds is 6. The number of para-hydroxylation sites is 2. The molecule has 0 saturated carbocycles. The molecule has 6 heteroatoms. The fraction of sp³-hybridized carbons (Fsp3) is 0.250. The average Bonchev–Trinajstić information content (AvgIpc) is 3.34. The number of imidazole rings is 1. The SMILES string of the molecule is CCCc1cc(N2CCN([C@@H](c3ccccc3)c3ccc(Cl)cc3)CC2)n2c(nc3ccccc32)c1C#N. The summed E-state index contributed by atoms with van der Waals surface area (Å²) < 4.78 is 2.19. The first-order chi connectivity index (χ1) is 18.7. The Balaban J connectivity index is 1.37. The highest BCUT2D eigenvalue weighted by Gasteiger charge is 2.28. The van der Waals surface area contributed by atoms with Crippen molar-refractivity contribution in [2.24, 2.45) is 0 Å². The molecular weight excluding hydrogens is 490 g/mol. The summed E-state index contributed by atoms with van der Waals surface area (Å²) in [6.07, 6.45) is 1.85. The molecule has 190 valence electrons. The Hall–Kier alpha value is -3.85. The molecule has 0 amide bonds. The number of nitriles is 1. The van der Waals surface area contributed by atoms with Crippen LogP contribution in [0, 0.1) is 11.3 Å². The first kappa shape index (κ1) is 24.5. The lowest BCUT2D eigenvalue weighted by molar-refractivity contribution is 0.212. The molecule has 0 bridgehead atoms. The predicted octanol–water partition coefficient (Wildman–Crippen LogP) is 6.88. The lowest BCUT2D eigenvalue weighted by Crippen LogP contribution is -2.48. The van der Waals surface area contributed by atoms with Crippen LogP contribution in [-0.2, 0) is 6.42 Å². The van der Waals surface area contributed by atoms with Crippen molar-refractivity contribution in [2.45, 2.75) is 25.8 Å². The summed E-state index contributed by atoms with van der Waals surface area (Å²) in [6.45, 7) is 5.76. The number of aryl methyl sites for hydroxylation is 1. The van der Waals surface area contributed by atoms with Gasteiger partial charge in [0.15, 0.2) is 5.65 Å². The highest BCUT2D eigenvalue weighted by molar-refractivity contribution is 6.30. The summed E-state index contributed by atoms with van der Waals surface area (Å²) in [5.41, 5.74) is 7.04. The second-order valence-electron chi connectivity index (χ2n) is 9.91. The number of hydrogen-bond donors (Lipinski definition) is 0. The number of hydrogen-bond acceptors (Lipinski definition) is 4. The second-order valence-corrected chi connectivity index (χ2v) is 10.3. The van der Waals surface area contributed by atoms with Gasteiger partial charge < -0.3 is 4.90 Å². The van der Waals surface area contributed by atoms with Crippen LogP contribution in [0.4, 0.5) is 5.82 Å². The molecular formula is C32H30ClN5. The van der Waals surface area contributed by atoms with Crippen molar-refractivity contribution in [2.75, 3.05) is 31.1 Å².